The van der Waals surface area contributed by atoms with Gasteiger partial charge in [-0.05, 0) is 36.8 Å². The van der Waals surface area contributed by atoms with E-state index in [1.807, 2.05) is 13.0 Å². The first-order chi connectivity index (χ1) is 11.4. The van der Waals surface area contributed by atoms with Gasteiger partial charge in [-0.2, -0.15) is 8.42 Å². The van der Waals surface area contributed by atoms with Crippen molar-refractivity contribution in [2.24, 2.45) is 0 Å². The molecule has 3 rings (SSSR count). The van der Waals surface area contributed by atoms with Gasteiger partial charge in [0.15, 0.2) is 5.76 Å². The molecule has 1 amide bonds. The van der Waals surface area contributed by atoms with Crippen molar-refractivity contribution in [3.05, 3.63) is 54.0 Å². The molecule has 1 aromatic carbocycles. The number of rotatable bonds is 5. The van der Waals surface area contributed by atoms with Gasteiger partial charge in [0.25, 0.3) is 20.3 Å². The van der Waals surface area contributed by atoms with Gasteiger partial charge in [0.2, 0.25) is 5.13 Å². The highest BCUT2D eigenvalue weighted by Crippen LogP contribution is 2.23. The van der Waals surface area contributed by atoms with Crippen molar-refractivity contribution < 1.29 is 17.6 Å². The van der Waals surface area contributed by atoms with Crippen LogP contribution in [0.25, 0.3) is 0 Å². The minimum absolute atomic E-state index is 0.0565. The molecule has 0 aliphatic carbocycles. The molecule has 0 unspecified atom stereocenters. The number of furan rings is 1. The van der Waals surface area contributed by atoms with Crippen molar-refractivity contribution in [3.63, 3.8) is 0 Å². The Labute approximate surface area is 141 Å². The Morgan fingerprint density at radius 3 is 2.75 bits per heavy atom. The third-order valence-corrected chi connectivity index (χ3v) is 5.46. The van der Waals surface area contributed by atoms with Crippen LogP contribution in [0.4, 0.5) is 10.8 Å². The van der Waals surface area contributed by atoms with Gasteiger partial charge in [0.1, 0.15) is 0 Å². The van der Waals surface area contributed by atoms with Crippen LogP contribution in [0.1, 0.15) is 16.1 Å². The summed E-state index contributed by atoms with van der Waals surface area (Å²) in [6.07, 6.45) is 1.36. The van der Waals surface area contributed by atoms with Crippen molar-refractivity contribution in [2.45, 2.75) is 11.3 Å². The highest BCUT2D eigenvalue weighted by Gasteiger charge is 2.21. The standard InChI is InChI=1S/C14H12N4O4S2/c1-9-4-2-5-10(8-9)18-24(20,21)14-17-16-13(23-14)15-12(19)11-6-3-7-22-11/h2-8,18H,1H3,(H,15,16,19). The van der Waals surface area contributed by atoms with Crippen molar-refractivity contribution in [2.75, 3.05) is 10.0 Å². The zero-order chi connectivity index (χ0) is 17.2. The maximum absolute atomic E-state index is 12.3. The molecule has 0 fully saturated rings. The molecule has 2 heterocycles. The second-order valence-corrected chi connectivity index (χ2v) is 7.61. The Balaban J connectivity index is 1.75. The zero-order valence-electron chi connectivity index (χ0n) is 12.4. The first kappa shape index (κ1) is 16.1. The number of nitrogens with one attached hydrogen (secondary N) is 2. The number of nitrogens with zero attached hydrogens (tertiary/aromatic N) is 2. The average Bonchev–Trinajstić information content (AvgIpc) is 3.18. The molecule has 0 aliphatic heterocycles. The zero-order valence-corrected chi connectivity index (χ0v) is 14.0. The minimum atomic E-state index is -3.88. The normalized spacial score (nSPS) is 11.2. The Morgan fingerprint density at radius 2 is 2.04 bits per heavy atom. The SMILES string of the molecule is Cc1cccc(NS(=O)(=O)c2nnc(NC(=O)c3ccco3)s2)c1. The minimum Gasteiger partial charge on any atom is -0.459 e. The van der Waals surface area contributed by atoms with Gasteiger partial charge in [0, 0.05) is 5.69 Å². The highest BCUT2D eigenvalue weighted by molar-refractivity contribution is 7.94. The topological polar surface area (TPSA) is 114 Å². The molecule has 2 aromatic heterocycles. The van der Waals surface area contributed by atoms with Crippen LogP contribution < -0.4 is 10.0 Å². The van der Waals surface area contributed by atoms with E-state index in [1.165, 1.54) is 12.3 Å². The van der Waals surface area contributed by atoms with Crippen LogP contribution in [0.5, 0.6) is 0 Å². The molecule has 0 bridgehead atoms. The van der Waals surface area contributed by atoms with Crippen LogP contribution in [0.2, 0.25) is 0 Å². The summed E-state index contributed by atoms with van der Waals surface area (Å²) < 4.78 is 31.7. The summed E-state index contributed by atoms with van der Waals surface area (Å²) in [7, 11) is -3.88. The lowest BCUT2D eigenvalue weighted by Crippen LogP contribution is -2.12. The van der Waals surface area contributed by atoms with Gasteiger partial charge in [-0.25, -0.2) is 0 Å². The summed E-state index contributed by atoms with van der Waals surface area (Å²) in [5.74, 6) is -0.445. The molecule has 0 saturated heterocycles. The summed E-state index contributed by atoms with van der Waals surface area (Å²) in [6.45, 7) is 1.85. The van der Waals surface area contributed by atoms with Crippen LogP contribution in [-0.2, 0) is 10.0 Å². The van der Waals surface area contributed by atoms with E-state index in [9.17, 15) is 13.2 Å². The van der Waals surface area contributed by atoms with Crippen molar-refractivity contribution in [3.8, 4) is 0 Å². The number of aromatic nitrogens is 2. The molecule has 0 spiro atoms. The molecule has 2 N–H and O–H groups in total. The summed E-state index contributed by atoms with van der Waals surface area (Å²) >= 11 is 0.743. The lowest BCUT2D eigenvalue weighted by molar-refractivity contribution is 0.0996. The third kappa shape index (κ3) is 3.60. The number of carbonyl (C=O) groups is 1. The number of aryl methyl sites for hydroxylation is 1. The highest BCUT2D eigenvalue weighted by atomic mass is 32.2. The number of amides is 1. The first-order valence-electron chi connectivity index (χ1n) is 6.72. The molecular formula is C14H12N4O4S2. The van der Waals surface area contributed by atoms with E-state index in [0.717, 1.165) is 16.9 Å². The smallest absolute Gasteiger partial charge is 0.293 e. The molecule has 8 nitrogen and oxygen atoms in total. The fraction of sp³-hybridized carbons (Fsp3) is 0.0714. The first-order valence-corrected chi connectivity index (χ1v) is 9.02. The van der Waals surface area contributed by atoms with Crippen LogP contribution in [0.3, 0.4) is 0 Å². The van der Waals surface area contributed by atoms with Crippen LogP contribution in [0, 0.1) is 6.92 Å². The Bertz CT molecular complexity index is 964. The van der Waals surface area contributed by atoms with Crippen LogP contribution >= 0.6 is 11.3 Å². The molecular weight excluding hydrogens is 352 g/mol. The fourth-order valence-electron chi connectivity index (χ4n) is 1.84. The van der Waals surface area contributed by atoms with E-state index in [2.05, 4.69) is 20.2 Å². The van der Waals surface area contributed by atoms with Crippen LogP contribution in [0.15, 0.2) is 51.4 Å². The molecule has 0 atom stereocenters. The van der Waals surface area contributed by atoms with Gasteiger partial charge in [-0.15, -0.1) is 10.2 Å². The van der Waals surface area contributed by atoms with Gasteiger partial charge in [0.05, 0.1) is 6.26 Å². The van der Waals surface area contributed by atoms with Crippen molar-refractivity contribution in [1.82, 2.24) is 10.2 Å². The predicted molar refractivity (Wildman–Crippen MR) is 88.6 cm³/mol. The van der Waals surface area contributed by atoms with Gasteiger partial charge in [-0.3, -0.25) is 14.8 Å². The van der Waals surface area contributed by atoms with Gasteiger partial charge < -0.3 is 4.42 Å². The van der Waals surface area contributed by atoms with E-state index in [1.54, 1.807) is 24.3 Å². The van der Waals surface area contributed by atoms with E-state index in [4.69, 9.17) is 4.42 Å². The van der Waals surface area contributed by atoms with E-state index in [0.29, 0.717) is 5.69 Å². The molecule has 0 radical (unpaired) electrons. The van der Waals surface area contributed by atoms with E-state index < -0.39 is 15.9 Å². The lowest BCUT2D eigenvalue weighted by atomic mass is 10.2. The molecule has 24 heavy (non-hydrogen) atoms. The molecule has 3 aromatic rings. The van der Waals surface area contributed by atoms with Gasteiger partial charge >= 0.3 is 0 Å². The lowest BCUT2D eigenvalue weighted by Gasteiger charge is -2.05. The molecule has 10 heteroatoms. The summed E-state index contributed by atoms with van der Waals surface area (Å²) in [5, 5.41) is 9.77. The van der Waals surface area contributed by atoms with Gasteiger partial charge in [-0.1, -0.05) is 23.5 Å². The number of hydrogen-bond acceptors (Lipinski definition) is 7. The maximum Gasteiger partial charge on any atom is 0.293 e. The number of sulfonamides is 1. The predicted octanol–water partition coefficient (Wildman–Crippen LogP) is 2.49. The fourth-order valence-corrected chi connectivity index (χ4v) is 3.79. The number of hydrogen-bond donors (Lipinski definition) is 2. The summed E-state index contributed by atoms with van der Waals surface area (Å²) in [5.41, 5.74) is 1.34. The second-order valence-electron chi connectivity index (χ2n) is 4.78. The number of carbonyl (C=O) groups excluding carboxylic acids is 1. The average molecular weight is 364 g/mol. The molecule has 0 aliphatic rings. The molecule has 0 saturated carbocycles. The Kier molecular flexibility index (Phi) is 4.32. The van der Waals surface area contributed by atoms with E-state index in [-0.39, 0.29) is 15.2 Å². The monoisotopic (exact) mass is 364 g/mol. The van der Waals surface area contributed by atoms with Crippen molar-refractivity contribution >= 4 is 38.1 Å². The quantitative estimate of drug-likeness (QED) is 0.672. The second kappa shape index (κ2) is 6.42. The van der Waals surface area contributed by atoms with E-state index >= 15 is 0 Å². The van der Waals surface area contributed by atoms with Crippen molar-refractivity contribution in [1.29, 1.82) is 0 Å². The maximum atomic E-state index is 12.3. The van der Waals surface area contributed by atoms with Crippen LogP contribution in [-0.4, -0.2) is 24.5 Å². The third-order valence-electron chi connectivity index (χ3n) is 2.87. The Morgan fingerprint density at radius 1 is 1.21 bits per heavy atom. The summed E-state index contributed by atoms with van der Waals surface area (Å²) in [6, 6.07) is 9.96. The summed E-state index contributed by atoms with van der Waals surface area (Å²) in [4.78, 5) is 11.8. The Hall–Kier alpha value is -2.72. The molecule has 124 valence electrons. The number of benzene rings is 1. The number of anilines is 2. The largest absolute Gasteiger partial charge is 0.459 e.